The molecule has 0 bridgehead atoms. The molecule has 0 radical (unpaired) electrons. The fourth-order valence-corrected chi connectivity index (χ4v) is 1.62. The summed E-state index contributed by atoms with van der Waals surface area (Å²) in [6.45, 7) is 0.578. The summed E-state index contributed by atoms with van der Waals surface area (Å²) in [5.41, 5.74) is 1.50. The van der Waals surface area contributed by atoms with Crippen LogP contribution in [0, 0.1) is 11.3 Å². The molecule has 86 valence electrons. The second-order valence-electron chi connectivity index (χ2n) is 3.48. The third-order valence-corrected chi connectivity index (χ3v) is 2.49. The van der Waals surface area contributed by atoms with Crippen LogP contribution in [0.3, 0.4) is 0 Å². The summed E-state index contributed by atoms with van der Waals surface area (Å²) < 4.78 is 1.77. The minimum atomic E-state index is 0.302. The normalized spacial score (nSPS) is 9.94. The Balaban J connectivity index is 2.12. The van der Waals surface area contributed by atoms with Crippen molar-refractivity contribution < 1.29 is 0 Å². The largest absolute Gasteiger partial charge is 0.364 e. The number of nitrogens with one attached hydrogen (secondary N) is 1. The monoisotopic (exact) mass is 247 g/mol. The van der Waals surface area contributed by atoms with E-state index in [2.05, 4.69) is 15.4 Å². The van der Waals surface area contributed by atoms with Crippen molar-refractivity contribution in [1.29, 1.82) is 5.26 Å². The summed E-state index contributed by atoms with van der Waals surface area (Å²) in [5, 5.41) is 16.3. The van der Waals surface area contributed by atoms with E-state index in [9.17, 15) is 0 Å². The van der Waals surface area contributed by atoms with Crippen LogP contribution in [-0.4, -0.2) is 14.8 Å². The SMILES string of the molecule is Cn1nccc1CNc1cc(C#N)cc(Cl)n1. The molecule has 2 heterocycles. The van der Waals surface area contributed by atoms with Crippen molar-refractivity contribution in [3.05, 3.63) is 40.8 Å². The van der Waals surface area contributed by atoms with Crippen LogP contribution in [0.2, 0.25) is 5.15 Å². The molecule has 6 heteroatoms. The van der Waals surface area contributed by atoms with Crippen LogP contribution in [0.1, 0.15) is 11.3 Å². The van der Waals surface area contributed by atoms with Crippen molar-refractivity contribution >= 4 is 17.4 Å². The minimum absolute atomic E-state index is 0.302. The lowest BCUT2D eigenvalue weighted by Gasteiger charge is -2.06. The Morgan fingerprint density at radius 3 is 3.00 bits per heavy atom. The predicted octanol–water partition coefficient (Wildman–Crippen LogP) is 1.95. The molecule has 0 amide bonds. The van der Waals surface area contributed by atoms with Gasteiger partial charge in [-0.05, 0) is 18.2 Å². The summed E-state index contributed by atoms with van der Waals surface area (Å²) in [5.74, 6) is 0.579. The molecule has 2 aromatic heterocycles. The second kappa shape index (κ2) is 4.85. The lowest BCUT2D eigenvalue weighted by atomic mass is 10.3. The number of halogens is 1. The van der Waals surface area contributed by atoms with Gasteiger partial charge in [0.15, 0.2) is 0 Å². The fourth-order valence-electron chi connectivity index (χ4n) is 1.41. The Hall–Kier alpha value is -2.06. The Bertz CT molecular complexity index is 569. The molecule has 0 fully saturated rings. The van der Waals surface area contributed by atoms with Crippen molar-refractivity contribution in [1.82, 2.24) is 14.8 Å². The molecule has 0 saturated heterocycles. The number of nitrogens with zero attached hydrogens (tertiary/aromatic N) is 4. The van der Waals surface area contributed by atoms with Crippen LogP contribution in [0.15, 0.2) is 24.4 Å². The van der Waals surface area contributed by atoms with Crippen LogP contribution < -0.4 is 5.32 Å². The van der Waals surface area contributed by atoms with Gasteiger partial charge in [-0.3, -0.25) is 4.68 Å². The standard InChI is InChI=1S/C11H10ClN5/c1-17-9(2-3-15-17)7-14-11-5-8(6-13)4-10(12)16-11/h2-5H,7H2,1H3,(H,14,16). The molecule has 0 aliphatic carbocycles. The molecule has 0 aromatic carbocycles. The first-order valence-electron chi connectivity index (χ1n) is 4.97. The van der Waals surface area contributed by atoms with E-state index >= 15 is 0 Å². The predicted molar refractivity (Wildman–Crippen MR) is 64.5 cm³/mol. The van der Waals surface area contributed by atoms with Crippen molar-refractivity contribution in [2.45, 2.75) is 6.54 Å². The Kier molecular flexibility index (Phi) is 3.26. The maximum absolute atomic E-state index is 8.80. The number of anilines is 1. The molecule has 0 spiro atoms. The maximum Gasteiger partial charge on any atom is 0.132 e. The quantitative estimate of drug-likeness (QED) is 0.842. The van der Waals surface area contributed by atoms with Gasteiger partial charge in [-0.1, -0.05) is 11.6 Å². The Morgan fingerprint density at radius 1 is 1.53 bits per heavy atom. The van der Waals surface area contributed by atoms with E-state index in [4.69, 9.17) is 16.9 Å². The van der Waals surface area contributed by atoms with Crippen molar-refractivity contribution in [3.8, 4) is 6.07 Å². The first-order valence-corrected chi connectivity index (χ1v) is 5.35. The molecule has 0 saturated carbocycles. The fraction of sp³-hybridized carbons (Fsp3) is 0.182. The van der Waals surface area contributed by atoms with Crippen LogP contribution in [-0.2, 0) is 13.6 Å². The zero-order valence-electron chi connectivity index (χ0n) is 9.18. The smallest absolute Gasteiger partial charge is 0.132 e. The number of hydrogen-bond acceptors (Lipinski definition) is 4. The van der Waals surface area contributed by atoms with Gasteiger partial charge in [-0.25, -0.2) is 4.98 Å². The van der Waals surface area contributed by atoms with Crippen LogP contribution in [0.5, 0.6) is 0 Å². The van der Waals surface area contributed by atoms with E-state index < -0.39 is 0 Å². The topological polar surface area (TPSA) is 66.5 Å². The van der Waals surface area contributed by atoms with Crippen LogP contribution in [0.25, 0.3) is 0 Å². The zero-order valence-corrected chi connectivity index (χ0v) is 9.94. The van der Waals surface area contributed by atoms with Gasteiger partial charge in [0.25, 0.3) is 0 Å². The average molecular weight is 248 g/mol. The summed E-state index contributed by atoms with van der Waals surface area (Å²) >= 11 is 5.80. The number of nitriles is 1. The molecule has 2 aromatic rings. The second-order valence-corrected chi connectivity index (χ2v) is 3.86. The maximum atomic E-state index is 8.80. The van der Waals surface area contributed by atoms with Gasteiger partial charge >= 0.3 is 0 Å². The first kappa shape index (κ1) is 11.4. The van der Waals surface area contributed by atoms with E-state index in [0.717, 1.165) is 5.69 Å². The molecule has 17 heavy (non-hydrogen) atoms. The van der Waals surface area contributed by atoms with Crippen molar-refractivity contribution in [2.24, 2.45) is 7.05 Å². The van der Waals surface area contributed by atoms with Gasteiger partial charge in [0.05, 0.1) is 23.9 Å². The highest BCUT2D eigenvalue weighted by molar-refractivity contribution is 6.29. The zero-order chi connectivity index (χ0) is 12.3. The third-order valence-electron chi connectivity index (χ3n) is 2.30. The van der Waals surface area contributed by atoms with Crippen molar-refractivity contribution in [3.63, 3.8) is 0 Å². The molecular formula is C11H10ClN5. The van der Waals surface area contributed by atoms with E-state index in [1.54, 1.807) is 16.9 Å². The van der Waals surface area contributed by atoms with Gasteiger partial charge < -0.3 is 5.32 Å². The van der Waals surface area contributed by atoms with E-state index in [0.29, 0.717) is 23.1 Å². The molecule has 0 unspecified atom stereocenters. The molecule has 0 aliphatic rings. The van der Waals surface area contributed by atoms with E-state index in [-0.39, 0.29) is 0 Å². The number of aryl methyl sites for hydroxylation is 1. The van der Waals surface area contributed by atoms with Crippen molar-refractivity contribution in [2.75, 3.05) is 5.32 Å². The third kappa shape index (κ3) is 2.74. The lowest BCUT2D eigenvalue weighted by molar-refractivity contribution is 0.720. The highest BCUT2D eigenvalue weighted by Gasteiger charge is 2.02. The van der Waals surface area contributed by atoms with Crippen LogP contribution in [0.4, 0.5) is 5.82 Å². The van der Waals surface area contributed by atoms with Crippen LogP contribution >= 0.6 is 11.6 Å². The molecule has 0 aliphatic heterocycles. The number of rotatable bonds is 3. The van der Waals surface area contributed by atoms with Gasteiger partial charge in [0, 0.05) is 13.2 Å². The van der Waals surface area contributed by atoms with Gasteiger partial charge in [0.2, 0.25) is 0 Å². The highest BCUT2D eigenvalue weighted by atomic mass is 35.5. The van der Waals surface area contributed by atoms with Gasteiger partial charge in [-0.15, -0.1) is 0 Å². The Morgan fingerprint density at radius 2 is 2.35 bits per heavy atom. The van der Waals surface area contributed by atoms with E-state index in [1.165, 1.54) is 6.07 Å². The average Bonchev–Trinajstić information content (AvgIpc) is 2.71. The number of hydrogen-bond donors (Lipinski definition) is 1. The minimum Gasteiger partial charge on any atom is -0.364 e. The molecule has 0 atom stereocenters. The summed E-state index contributed by atoms with van der Waals surface area (Å²) in [4.78, 5) is 4.08. The molecular weight excluding hydrogens is 238 g/mol. The van der Waals surface area contributed by atoms with Gasteiger partial charge in [0.1, 0.15) is 11.0 Å². The number of aromatic nitrogens is 3. The first-order chi connectivity index (χ1) is 8.19. The van der Waals surface area contributed by atoms with Gasteiger partial charge in [-0.2, -0.15) is 10.4 Å². The van der Waals surface area contributed by atoms with E-state index in [1.807, 2.05) is 19.2 Å². The lowest BCUT2D eigenvalue weighted by Crippen LogP contribution is -2.06. The summed E-state index contributed by atoms with van der Waals surface area (Å²) in [7, 11) is 1.86. The molecule has 5 nitrogen and oxygen atoms in total. The molecule has 1 N–H and O–H groups in total. The summed E-state index contributed by atoms with van der Waals surface area (Å²) in [6, 6.07) is 7.12. The molecule has 2 rings (SSSR count). The summed E-state index contributed by atoms with van der Waals surface area (Å²) in [6.07, 6.45) is 1.73. The Labute approximate surface area is 104 Å². The highest BCUT2D eigenvalue weighted by Crippen LogP contribution is 2.14. The number of pyridine rings is 1.